The van der Waals surface area contributed by atoms with Crippen molar-refractivity contribution in [3.63, 3.8) is 0 Å². The van der Waals surface area contributed by atoms with Crippen LogP contribution >= 0.6 is 0 Å². The lowest BCUT2D eigenvalue weighted by Gasteiger charge is -2.19. The molecule has 0 fully saturated rings. The van der Waals surface area contributed by atoms with Crippen molar-refractivity contribution in [2.75, 3.05) is 13.2 Å². The first-order valence-corrected chi connectivity index (χ1v) is 11.1. The number of aromatic amines is 1. The van der Waals surface area contributed by atoms with Gasteiger partial charge >= 0.3 is 6.18 Å². The number of H-pyrrole nitrogens is 1. The monoisotopic (exact) mass is 501 g/mol. The molecule has 0 saturated carbocycles. The minimum absolute atomic E-state index is 0.000175. The van der Waals surface area contributed by atoms with Gasteiger partial charge in [-0.2, -0.15) is 22.7 Å². The molecule has 1 atom stereocenters. The van der Waals surface area contributed by atoms with Gasteiger partial charge in [0.1, 0.15) is 6.61 Å². The number of ether oxygens (including phenoxy) is 1. The molecule has 36 heavy (non-hydrogen) atoms. The van der Waals surface area contributed by atoms with Crippen molar-refractivity contribution < 1.29 is 32.5 Å². The molecule has 10 heteroatoms. The van der Waals surface area contributed by atoms with Gasteiger partial charge in [0, 0.05) is 24.4 Å². The molecule has 0 radical (unpaired) electrons. The molecule has 188 valence electrons. The SMILES string of the molecule is OCC[C@@H](O)COc1ccc(/C(=C(/CC(F)(F)F)c2ccccc2)c2ccc3n[nH]c(F)c3c2)cn1. The summed E-state index contributed by atoms with van der Waals surface area (Å²) in [4.78, 5) is 4.20. The second kappa shape index (κ2) is 10.9. The van der Waals surface area contributed by atoms with E-state index in [1.54, 1.807) is 42.5 Å². The van der Waals surface area contributed by atoms with Crippen LogP contribution in [0.4, 0.5) is 17.6 Å². The van der Waals surface area contributed by atoms with Crippen molar-refractivity contribution in [1.29, 1.82) is 0 Å². The van der Waals surface area contributed by atoms with E-state index in [0.29, 0.717) is 22.2 Å². The smallest absolute Gasteiger partial charge is 0.393 e. The van der Waals surface area contributed by atoms with Gasteiger partial charge in [-0.3, -0.25) is 5.10 Å². The Morgan fingerprint density at radius 3 is 2.42 bits per heavy atom. The Hall–Kier alpha value is -3.76. The summed E-state index contributed by atoms with van der Waals surface area (Å²) in [6.07, 6.45) is -5.11. The summed E-state index contributed by atoms with van der Waals surface area (Å²) in [5.74, 6) is -0.532. The van der Waals surface area contributed by atoms with Crippen LogP contribution in [0.25, 0.3) is 22.0 Å². The lowest BCUT2D eigenvalue weighted by atomic mass is 9.88. The third-order valence-electron chi connectivity index (χ3n) is 5.51. The van der Waals surface area contributed by atoms with E-state index in [4.69, 9.17) is 9.84 Å². The Balaban J connectivity index is 1.85. The van der Waals surface area contributed by atoms with Crippen LogP contribution in [0, 0.1) is 5.95 Å². The second-order valence-corrected chi connectivity index (χ2v) is 8.14. The van der Waals surface area contributed by atoms with Crippen LogP contribution in [0.2, 0.25) is 0 Å². The predicted octanol–water partition coefficient (Wildman–Crippen LogP) is 5.13. The molecule has 2 aromatic carbocycles. The van der Waals surface area contributed by atoms with Crippen molar-refractivity contribution in [2.45, 2.75) is 25.1 Å². The van der Waals surface area contributed by atoms with Crippen LogP contribution < -0.4 is 4.74 Å². The number of aromatic nitrogens is 3. The van der Waals surface area contributed by atoms with Crippen LogP contribution in [-0.2, 0) is 0 Å². The molecular weight excluding hydrogens is 478 g/mol. The van der Waals surface area contributed by atoms with E-state index in [1.165, 1.54) is 24.4 Å². The summed E-state index contributed by atoms with van der Waals surface area (Å²) in [5, 5.41) is 24.9. The number of aliphatic hydroxyl groups is 2. The van der Waals surface area contributed by atoms with Crippen LogP contribution in [0.5, 0.6) is 5.88 Å². The fraction of sp³-hybridized carbons (Fsp3) is 0.231. The third-order valence-corrected chi connectivity index (χ3v) is 5.51. The van der Waals surface area contributed by atoms with Gasteiger partial charge in [-0.1, -0.05) is 36.4 Å². The summed E-state index contributed by atoms with van der Waals surface area (Å²) >= 11 is 0. The molecule has 0 aliphatic rings. The van der Waals surface area contributed by atoms with E-state index >= 15 is 0 Å². The van der Waals surface area contributed by atoms with Gasteiger partial charge in [-0.05, 0) is 46.9 Å². The number of rotatable bonds is 9. The lowest BCUT2D eigenvalue weighted by Crippen LogP contribution is -2.19. The second-order valence-electron chi connectivity index (χ2n) is 8.14. The third kappa shape index (κ3) is 6.07. The fourth-order valence-corrected chi connectivity index (χ4v) is 3.85. The molecule has 0 amide bonds. The number of hydrogen-bond acceptors (Lipinski definition) is 5. The number of halogens is 4. The molecule has 3 N–H and O–H groups in total. The van der Waals surface area contributed by atoms with E-state index in [0.717, 1.165) is 0 Å². The fourth-order valence-electron chi connectivity index (χ4n) is 3.85. The molecule has 2 heterocycles. The van der Waals surface area contributed by atoms with Crippen molar-refractivity contribution in [3.05, 3.63) is 89.5 Å². The molecule has 0 aliphatic heterocycles. The molecule has 0 unspecified atom stereocenters. The Kier molecular flexibility index (Phi) is 7.66. The zero-order valence-electron chi connectivity index (χ0n) is 19.0. The van der Waals surface area contributed by atoms with E-state index < -0.39 is 24.6 Å². The van der Waals surface area contributed by atoms with E-state index in [1.807, 2.05) is 0 Å². The van der Waals surface area contributed by atoms with Crippen LogP contribution in [0.3, 0.4) is 0 Å². The average Bonchev–Trinajstić information content (AvgIpc) is 3.23. The van der Waals surface area contributed by atoms with Crippen LogP contribution in [-0.4, -0.2) is 50.9 Å². The number of aliphatic hydroxyl groups excluding tert-OH is 2. The van der Waals surface area contributed by atoms with Gasteiger partial charge in [-0.25, -0.2) is 4.98 Å². The number of benzene rings is 2. The van der Waals surface area contributed by atoms with E-state index in [9.17, 15) is 22.7 Å². The number of nitrogens with zero attached hydrogens (tertiary/aromatic N) is 2. The summed E-state index contributed by atoms with van der Waals surface area (Å²) in [7, 11) is 0. The quantitative estimate of drug-likeness (QED) is 0.219. The molecule has 0 saturated heterocycles. The average molecular weight is 501 g/mol. The summed E-state index contributed by atoms with van der Waals surface area (Å²) in [6, 6.07) is 15.8. The van der Waals surface area contributed by atoms with Crippen molar-refractivity contribution in [3.8, 4) is 5.88 Å². The van der Waals surface area contributed by atoms with E-state index in [2.05, 4.69) is 15.2 Å². The predicted molar refractivity (Wildman–Crippen MR) is 127 cm³/mol. The first kappa shape index (κ1) is 25.3. The number of hydrogen-bond donors (Lipinski definition) is 3. The zero-order chi connectivity index (χ0) is 25.7. The maximum atomic E-state index is 14.3. The molecule has 6 nitrogen and oxygen atoms in total. The molecule has 4 rings (SSSR count). The van der Waals surface area contributed by atoms with Crippen molar-refractivity contribution in [1.82, 2.24) is 15.2 Å². The normalized spacial score (nSPS) is 13.5. The number of alkyl halides is 3. The Morgan fingerprint density at radius 2 is 1.75 bits per heavy atom. The summed E-state index contributed by atoms with van der Waals surface area (Å²) in [6.45, 7) is -0.302. The molecule has 0 bridgehead atoms. The molecule has 2 aromatic heterocycles. The van der Waals surface area contributed by atoms with E-state index in [-0.39, 0.29) is 42.0 Å². The maximum absolute atomic E-state index is 14.3. The molecule has 0 spiro atoms. The molecular formula is C26H23F4N3O3. The highest BCUT2D eigenvalue weighted by molar-refractivity contribution is 6.00. The number of fused-ring (bicyclic) bond motifs is 1. The topological polar surface area (TPSA) is 91.3 Å². The highest BCUT2D eigenvalue weighted by Crippen LogP contribution is 2.40. The Morgan fingerprint density at radius 1 is 1.00 bits per heavy atom. The highest BCUT2D eigenvalue weighted by atomic mass is 19.4. The van der Waals surface area contributed by atoms with Crippen LogP contribution in [0.15, 0.2) is 66.9 Å². The number of pyridine rings is 1. The summed E-state index contributed by atoms with van der Waals surface area (Å²) < 4.78 is 61.0. The van der Waals surface area contributed by atoms with Gasteiger partial charge in [0.05, 0.1) is 23.4 Å². The van der Waals surface area contributed by atoms with Gasteiger partial charge in [0.25, 0.3) is 0 Å². The Labute approximate surface area is 203 Å². The first-order valence-electron chi connectivity index (χ1n) is 11.1. The van der Waals surface area contributed by atoms with Gasteiger partial charge in [-0.15, -0.1) is 0 Å². The molecule has 4 aromatic rings. The maximum Gasteiger partial charge on any atom is 0.393 e. The zero-order valence-corrected chi connectivity index (χ0v) is 19.0. The van der Waals surface area contributed by atoms with Gasteiger partial charge < -0.3 is 14.9 Å². The van der Waals surface area contributed by atoms with Crippen LogP contribution in [0.1, 0.15) is 29.5 Å². The van der Waals surface area contributed by atoms with Gasteiger partial charge in [0.2, 0.25) is 11.8 Å². The van der Waals surface area contributed by atoms with Crippen molar-refractivity contribution >= 4 is 22.0 Å². The minimum Gasteiger partial charge on any atom is -0.475 e. The molecule has 0 aliphatic carbocycles. The lowest BCUT2D eigenvalue weighted by molar-refractivity contribution is -0.122. The number of nitrogens with one attached hydrogen (secondary N) is 1. The van der Waals surface area contributed by atoms with Crippen molar-refractivity contribution in [2.24, 2.45) is 0 Å². The minimum atomic E-state index is -4.51. The Bertz CT molecular complexity index is 1340. The standard InChI is InChI=1S/C26H23F4N3O3/c27-25-20-12-17(6-8-22(20)32-33-25)24(21(13-26(28,29)30)16-4-2-1-3-5-16)18-7-9-23(31-14-18)36-15-19(35)10-11-34/h1-9,12,14,19,34-35H,10-11,13,15H2,(H,32,33)/b24-21-/t19-/m1/s1. The number of allylic oxidation sites excluding steroid dienone is 1. The van der Waals surface area contributed by atoms with Gasteiger partial charge in [0.15, 0.2) is 0 Å². The largest absolute Gasteiger partial charge is 0.475 e. The highest BCUT2D eigenvalue weighted by Gasteiger charge is 2.31. The first-order chi connectivity index (χ1) is 17.2. The summed E-state index contributed by atoms with van der Waals surface area (Å²) in [5.41, 5.74) is 1.67.